The van der Waals surface area contributed by atoms with Gasteiger partial charge in [0.2, 0.25) is 5.91 Å². The van der Waals surface area contributed by atoms with Crippen LogP contribution in [-0.2, 0) is 11.0 Å². The molecule has 0 unspecified atom stereocenters. The molecule has 30 heavy (non-hydrogen) atoms. The molecular formula is C21H21F3N4OS. The third-order valence-corrected chi connectivity index (χ3v) is 6.96. The number of likely N-dealkylation sites (tertiary alicyclic amines) is 1. The summed E-state index contributed by atoms with van der Waals surface area (Å²) in [6, 6.07) is 5.89. The monoisotopic (exact) mass is 434 g/mol. The van der Waals surface area contributed by atoms with Gasteiger partial charge in [0.05, 0.1) is 22.3 Å². The number of piperidine rings is 1. The highest BCUT2D eigenvalue weighted by Gasteiger charge is 2.44. The number of hydrogen-bond acceptors (Lipinski definition) is 4. The summed E-state index contributed by atoms with van der Waals surface area (Å²) >= 11 is 1.34. The van der Waals surface area contributed by atoms with Crippen molar-refractivity contribution in [3.63, 3.8) is 0 Å². The van der Waals surface area contributed by atoms with Crippen LogP contribution in [0.4, 0.5) is 13.2 Å². The third kappa shape index (κ3) is 3.38. The fourth-order valence-electron chi connectivity index (χ4n) is 4.29. The SMILES string of the molecule is C[C@@H]1C[C@H]1C(=O)N1CCCC[C@@H]1c1cc2nc(-c3cccs3)cc(C(F)(F)F)n2n1. The minimum atomic E-state index is -4.57. The molecule has 9 heteroatoms. The Hall–Kier alpha value is -2.42. The van der Waals surface area contributed by atoms with Crippen molar-refractivity contribution in [2.75, 3.05) is 6.54 Å². The zero-order valence-corrected chi connectivity index (χ0v) is 17.2. The molecule has 0 aromatic carbocycles. The van der Waals surface area contributed by atoms with Crippen LogP contribution in [0.3, 0.4) is 0 Å². The van der Waals surface area contributed by atoms with E-state index in [0.717, 1.165) is 29.8 Å². The van der Waals surface area contributed by atoms with Crippen molar-refractivity contribution in [2.24, 2.45) is 11.8 Å². The molecule has 1 saturated carbocycles. The first-order valence-electron chi connectivity index (χ1n) is 10.1. The lowest BCUT2D eigenvalue weighted by atomic mass is 9.98. The molecule has 1 aliphatic carbocycles. The number of rotatable bonds is 3. The Balaban J connectivity index is 1.59. The molecule has 2 fully saturated rings. The summed E-state index contributed by atoms with van der Waals surface area (Å²) < 4.78 is 42.3. The summed E-state index contributed by atoms with van der Waals surface area (Å²) in [4.78, 5) is 19.8. The second-order valence-corrected chi connectivity index (χ2v) is 9.15. The Labute approximate surface area is 175 Å². The van der Waals surface area contributed by atoms with Gasteiger partial charge in [-0.05, 0) is 49.1 Å². The lowest BCUT2D eigenvalue weighted by Crippen LogP contribution is -2.39. The van der Waals surface area contributed by atoms with Crippen LogP contribution < -0.4 is 0 Å². The molecule has 3 aromatic rings. The maximum Gasteiger partial charge on any atom is 0.433 e. The number of alkyl halides is 3. The van der Waals surface area contributed by atoms with Crippen molar-refractivity contribution in [1.29, 1.82) is 0 Å². The van der Waals surface area contributed by atoms with Gasteiger partial charge in [-0.3, -0.25) is 4.79 Å². The van der Waals surface area contributed by atoms with Gasteiger partial charge in [-0.15, -0.1) is 11.3 Å². The van der Waals surface area contributed by atoms with E-state index in [4.69, 9.17) is 0 Å². The van der Waals surface area contributed by atoms with Crippen LogP contribution in [-0.4, -0.2) is 31.9 Å². The molecule has 3 atom stereocenters. The lowest BCUT2D eigenvalue weighted by molar-refractivity contribution is -0.143. The van der Waals surface area contributed by atoms with Gasteiger partial charge in [-0.1, -0.05) is 13.0 Å². The maximum absolute atomic E-state index is 13.8. The summed E-state index contributed by atoms with van der Waals surface area (Å²) in [5, 5.41) is 6.11. The molecule has 1 amide bonds. The number of fused-ring (bicyclic) bond motifs is 1. The van der Waals surface area contributed by atoms with Gasteiger partial charge < -0.3 is 4.90 Å². The summed E-state index contributed by atoms with van der Waals surface area (Å²) in [6.07, 6.45) is -1.15. The predicted molar refractivity (Wildman–Crippen MR) is 107 cm³/mol. The van der Waals surface area contributed by atoms with Crippen molar-refractivity contribution >= 4 is 22.9 Å². The molecule has 0 radical (unpaired) electrons. The number of halogens is 3. The predicted octanol–water partition coefficient (Wildman–Crippen LogP) is 5.19. The maximum atomic E-state index is 13.8. The zero-order valence-electron chi connectivity index (χ0n) is 16.4. The topological polar surface area (TPSA) is 50.5 Å². The zero-order chi connectivity index (χ0) is 21.0. The quantitative estimate of drug-likeness (QED) is 0.570. The van der Waals surface area contributed by atoms with E-state index in [9.17, 15) is 18.0 Å². The van der Waals surface area contributed by atoms with Gasteiger partial charge in [0.25, 0.3) is 0 Å². The van der Waals surface area contributed by atoms with Crippen LogP contribution >= 0.6 is 11.3 Å². The first kappa shape index (κ1) is 19.5. The Morgan fingerprint density at radius 3 is 2.73 bits per heavy atom. The molecule has 5 nitrogen and oxygen atoms in total. The van der Waals surface area contributed by atoms with E-state index >= 15 is 0 Å². The first-order chi connectivity index (χ1) is 14.3. The number of carbonyl (C=O) groups is 1. The van der Waals surface area contributed by atoms with E-state index in [-0.39, 0.29) is 29.2 Å². The molecule has 1 saturated heterocycles. The smallest absolute Gasteiger partial charge is 0.334 e. The van der Waals surface area contributed by atoms with Gasteiger partial charge in [-0.2, -0.15) is 18.3 Å². The van der Waals surface area contributed by atoms with Crippen LogP contribution in [0.1, 0.15) is 50.0 Å². The fraction of sp³-hybridized carbons (Fsp3) is 0.476. The van der Waals surface area contributed by atoms with E-state index in [1.807, 2.05) is 4.90 Å². The van der Waals surface area contributed by atoms with Gasteiger partial charge in [0.1, 0.15) is 0 Å². The van der Waals surface area contributed by atoms with Crippen molar-refractivity contribution in [3.05, 3.63) is 41.0 Å². The number of thiophene rings is 1. The standard InChI is InChI=1S/C21H21F3N4OS/c1-12-9-13(12)20(29)27-7-3-2-5-16(27)14-11-19-25-15(17-6-4-8-30-17)10-18(21(22,23)24)28(19)26-14/h4,6,8,10-13,16H,2-3,5,7,9H2,1H3/t12-,13-,16-/m1/s1. The summed E-state index contributed by atoms with van der Waals surface area (Å²) in [5.41, 5.74) is 0.0602. The van der Waals surface area contributed by atoms with Crippen molar-refractivity contribution in [2.45, 2.75) is 44.8 Å². The Morgan fingerprint density at radius 2 is 2.07 bits per heavy atom. The molecule has 0 N–H and O–H groups in total. The van der Waals surface area contributed by atoms with Crippen LogP contribution in [0, 0.1) is 11.8 Å². The molecule has 0 spiro atoms. The molecule has 2 aliphatic rings. The van der Waals surface area contributed by atoms with Crippen LogP contribution in [0.5, 0.6) is 0 Å². The third-order valence-electron chi connectivity index (χ3n) is 6.06. The molecule has 1 aliphatic heterocycles. The van der Waals surface area contributed by atoms with E-state index in [1.54, 1.807) is 23.6 Å². The summed E-state index contributed by atoms with van der Waals surface area (Å²) in [6.45, 7) is 2.68. The van der Waals surface area contributed by atoms with Crippen molar-refractivity contribution < 1.29 is 18.0 Å². The molecular weight excluding hydrogens is 413 g/mol. The van der Waals surface area contributed by atoms with Crippen LogP contribution in [0.2, 0.25) is 0 Å². The van der Waals surface area contributed by atoms with Crippen molar-refractivity contribution in [3.8, 4) is 10.6 Å². The van der Waals surface area contributed by atoms with E-state index in [1.165, 1.54) is 11.3 Å². The second kappa shape index (κ2) is 7.08. The Bertz CT molecular complexity index is 1090. The molecule has 0 bridgehead atoms. The van der Waals surface area contributed by atoms with Gasteiger partial charge in [-0.25, -0.2) is 9.50 Å². The normalized spacial score (nSPS) is 24.4. The number of carbonyl (C=O) groups excluding carboxylic acids is 1. The highest BCUT2D eigenvalue weighted by molar-refractivity contribution is 7.13. The average molecular weight is 434 g/mol. The van der Waals surface area contributed by atoms with E-state index in [2.05, 4.69) is 17.0 Å². The van der Waals surface area contributed by atoms with Gasteiger partial charge in [0.15, 0.2) is 11.3 Å². The number of hydrogen-bond donors (Lipinski definition) is 0. The summed E-state index contributed by atoms with van der Waals surface area (Å²) in [5.74, 6) is 0.525. The average Bonchev–Trinajstić information content (AvgIpc) is 3.13. The molecule has 4 heterocycles. The summed E-state index contributed by atoms with van der Waals surface area (Å²) in [7, 11) is 0. The number of aromatic nitrogens is 3. The Kier molecular flexibility index (Phi) is 4.61. The van der Waals surface area contributed by atoms with Crippen molar-refractivity contribution in [1.82, 2.24) is 19.5 Å². The number of amides is 1. The van der Waals surface area contributed by atoms with Gasteiger partial charge in [0, 0.05) is 18.5 Å². The number of nitrogens with zero attached hydrogens (tertiary/aromatic N) is 4. The molecule has 3 aromatic heterocycles. The largest absolute Gasteiger partial charge is 0.433 e. The van der Waals surface area contributed by atoms with Gasteiger partial charge >= 0.3 is 6.18 Å². The lowest BCUT2D eigenvalue weighted by Gasteiger charge is -2.35. The highest BCUT2D eigenvalue weighted by Crippen LogP contribution is 2.43. The van der Waals surface area contributed by atoms with E-state index < -0.39 is 11.9 Å². The van der Waals surface area contributed by atoms with E-state index in [0.29, 0.717) is 29.5 Å². The van der Waals surface area contributed by atoms with Crippen LogP contribution in [0.15, 0.2) is 29.6 Å². The molecule has 158 valence electrons. The molecule has 5 rings (SSSR count). The first-order valence-corrected chi connectivity index (χ1v) is 11.0. The highest BCUT2D eigenvalue weighted by atomic mass is 32.1. The minimum Gasteiger partial charge on any atom is -0.334 e. The minimum absolute atomic E-state index is 0.0388. The van der Waals surface area contributed by atoms with Crippen LogP contribution in [0.25, 0.3) is 16.2 Å². The fourth-order valence-corrected chi connectivity index (χ4v) is 4.98. The Morgan fingerprint density at radius 1 is 1.27 bits per heavy atom. The second-order valence-electron chi connectivity index (χ2n) is 8.20.